The maximum atomic E-state index is 11.4. The van der Waals surface area contributed by atoms with E-state index in [1.807, 2.05) is 6.92 Å². The van der Waals surface area contributed by atoms with Crippen molar-refractivity contribution >= 4 is 5.97 Å². The summed E-state index contributed by atoms with van der Waals surface area (Å²) in [6, 6.07) is -0.161. The average Bonchev–Trinajstić information content (AvgIpc) is 2.31. The Labute approximate surface area is 98.7 Å². The Morgan fingerprint density at radius 1 is 1.31 bits per heavy atom. The molecule has 0 aromatic carbocycles. The molecule has 1 unspecified atom stereocenters. The van der Waals surface area contributed by atoms with Crippen LogP contribution in [0.25, 0.3) is 0 Å². The van der Waals surface area contributed by atoms with Gasteiger partial charge in [0.1, 0.15) is 6.04 Å². The molecule has 0 spiro atoms. The van der Waals surface area contributed by atoms with E-state index in [0.717, 1.165) is 45.4 Å². The summed E-state index contributed by atoms with van der Waals surface area (Å²) in [4.78, 5) is 11.4. The number of carbonyl (C=O) groups excluding carboxylic acids is 1. The van der Waals surface area contributed by atoms with Gasteiger partial charge in [-0.25, -0.2) is 0 Å². The zero-order chi connectivity index (χ0) is 12.2. The zero-order valence-corrected chi connectivity index (χ0v) is 10.8. The molecule has 1 N–H and O–H groups in total. The number of nitrogens with one attached hydrogen (secondary N) is 1. The number of ether oxygens (including phenoxy) is 2. The van der Waals surface area contributed by atoms with Crippen LogP contribution in [0.3, 0.4) is 0 Å². The molecule has 4 heteroatoms. The Morgan fingerprint density at radius 3 is 2.62 bits per heavy atom. The maximum absolute atomic E-state index is 11.4. The number of rotatable bonds is 10. The molecule has 0 heterocycles. The molecule has 0 aromatic heterocycles. The summed E-state index contributed by atoms with van der Waals surface area (Å²) in [5.74, 6) is -0.162. The van der Waals surface area contributed by atoms with Crippen LogP contribution in [0.2, 0.25) is 0 Å². The molecular formula is C12H25NO3. The molecule has 16 heavy (non-hydrogen) atoms. The van der Waals surface area contributed by atoms with Gasteiger partial charge in [0.2, 0.25) is 0 Å². The fourth-order valence-electron chi connectivity index (χ4n) is 1.45. The van der Waals surface area contributed by atoms with E-state index in [9.17, 15) is 4.79 Å². The number of unbranched alkanes of at least 4 members (excludes halogenated alkanes) is 1. The molecule has 0 saturated carbocycles. The highest BCUT2D eigenvalue weighted by atomic mass is 16.5. The second kappa shape index (κ2) is 10.9. The Hall–Kier alpha value is -0.610. The van der Waals surface area contributed by atoms with Gasteiger partial charge in [-0.05, 0) is 26.3 Å². The molecule has 0 radical (unpaired) electrons. The molecule has 0 bridgehead atoms. The Morgan fingerprint density at radius 2 is 2.06 bits per heavy atom. The minimum atomic E-state index is -0.162. The van der Waals surface area contributed by atoms with Crippen molar-refractivity contribution in [2.24, 2.45) is 0 Å². The summed E-state index contributed by atoms with van der Waals surface area (Å²) in [6.07, 6.45) is 3.90. The van der Waals surface area contributed by atoms with Crippen molar-refractivity contribution < 1.29 is 14.3 Å². The van der Waals surface area contributed by atoms with E-state index in [-0.39, 0.29) is 12.0 Å². The highest BCUT2D eigenvalue weighted by molar-refractivity contribution is 5.75. The van der Waals surface area contributed by atoms with E-state index in [1.165, 1.54) is 7.11 Å². The van der Waals surface area contributed by atoms with Crippen molar-refractivity contribution in [3.05, 3.63) is 0 Å². The third kappa shape index (κ3) is 7.65. The van der Waals surface area contributed by atoms with Crippen LogP contribution < -0.4 is 5.32 Å². The molecule has 0 aliphatic heterocycles. The molecule has 96 valence electrons. The number of methoxy groups -OCH3 is 1. The Kier molecular flexibility index (Phi) is 10.5. The van der Waals surface area contributed by atoms with E-state index in [0.29, 0.717) is 0 Å². The van der Waals surface area contributed by atoms with Crippen molar-refractivity contribution in [1.82, 2.24) is 5.32 Å². The van der Waals surface area contributed by atoms with Crippen LogP contribution in [-0.2, 0) is 14.3 Å². The van der Waals surface area contributed by atoms with Crippen molar-refractivity contribution in [3.63, 3.8) is 0 Å². The third-order valence-electron chi connectivity index (χ3n) is 2.39. The molecule has 4 nitrogen and oxygen atoms in total. The first-order chi connectivity index (χ1) is 7.76. The Bertz CT molecular complexity index is 174. The first kappa shape index (κ1) is 15.4. The fourth-order valence-corrected chi connectivity index (χ4v) is 1.45. The molecule has 0 rings (SSSR count). The topological polar surface area (TPSA) is 47.6 Å². The predicted octanol–water partition coefficient (Wildman–Crippen LogP) is 1.73. The van der Waals surface area contributed by atoms with Gasteiger partial charge in [-0.15, -0.1) is 0 Å². The van der Waals surface area contributed by atoms with Crippen LogP contribution in [0.4, 0.5) is 0 Å². The lowest BCUT2D eigenvalue weighted by molar-refractivity contribution is -0.143. The van der Waals surface area contributed by atoms with Gasteiger partial charge in [0.25, 0.3) is 0 Å². The normalized spacial score (nSPS) is 12.4. The van der Waals surface area contributed by atoms with E-state index < -0.39 is 0 Å². The summed E-state index contributed by atoms with van der Waals surface area (Å²) in [7, 11) is 1.43. The average molecular weight is 231 g/mol. The number of carbonyl (C=O) groups is 1. The van der Waals surface area contributed by atoms with Gasteiger partial charge in [0, 0.05) is 13.2 Å². The zero-order valence-electron chi connectivity index (χ0n) is 10.8. The van der Waals surface area contributed by atoms with E-state index in [1.54, 1.807) is 0 Å². The predicted molar refractivity (Wildman–Crippen MR) is 64.4 cm³/mol. The van der Waals surface area contributed by atoms with E-state index >= 15 is 0 Å². The molecule has 0 aliphatic rings. The van der Waals surface area contributed by atoms with Crippen LogP contribution in [-0.4, -0.2) is 38.9 Å². The summed E-state index contributed by atoms with van der Waals surface area (Å²) in [5, 5.41) is 3.21. The molecule has 0 aliphatic carbocycles. The van der Waals surface area contributed by atoms with Gasteiger partial charge in [-0.3, -0.25) is 4.79 Å². The minimum Gasteiger partial charge on any atom is -0.468 e. The van der Waals surface area contributed by atoms with Crippen molar-refractivity contribution in [2.75, 3.05) is 26.9 Å². The van der Waals surface area contributed by atoms with Gasteiger partial charge in [0.05, 0.1) is 7.11 Å². The molecule has 0 saturated heterocycles. The molecule has 1 atom stereocenters. The molecular weight excluding hydrogens is 206 g/mol. The third-order valence-corrected chi connectivity index (χ3v) is 2.39. The lowest BCUT2D eigenvalue weighted by atomic mass is 10.1. The summed E-state index contributed by atoms with van der Waals surface area (Å²) >= 11 is 0. The van der Waals surface area contributed by atoms with Crippen LogP contribution in [0, 0.1) is 0 Å². The van der Waals surface area contributed by atoms with Crippen molar-refractivity contribution in [1.29, 1.82) is 0 Å². The van der Waals surface area contributed by atoms with Crippen LogP contribution in [0.1, 0.15) is 39.5 Å². The minimum absolute atomic E-state index is 0.161. The van der Waals surface area contributed by atoms with Gasteiger partial charge >= 0.3 is 5.97 Å². The lowest BCUT2D eigenvalue weighted by Gasteiger charge is -2.15. The molecule has 0 aromatic rings. The van der Waals surface area contributed by atoms with E-state index in [4.69, 9.17) is 9.47 Å². The van der Waals surface area contributed by atoms with Crippen molar-refractivity contribution in [2.45, 2.75) is 45.6 Å². The fraction of sp³-hybridized carbons (Fsp3) is 0.917. The summed E-state index contributed by atoms with van der Waals surface area (Å²) in [6.45, 7) is 6.38. The van der Waals surface area contributed by atoms with E-state index in [2.05, 4.69) is 12.2 Å². The lowest BCUT2D eigenvalue weighted by Crippen LogP contribution is -2.38. The van der Waals surface area contributed by atoms with Gasteiger partial charge in [-0.1, -0.05) is 19.8 Å². The van der Waals surface area contributed by atoms with Gasteiger partial charge < -0.3 is 14.8 Å². The SMILES string of the molecule is CCCCC(NCCCOCC)C(=O)OC. The smallest absolute Gasteiger partial charge is 0.322 e. The quantitative estimate of drug-likeness (QED) is 0.459. The summed E-state index contributed by atoms with van der Waals surface area (Å²) in [5.41, 5.74) is 0. The standard InChI is InChI=1S/C12H25NO3/c1-4-6-8-11(12(14)15-3)13-9-7-10-16-5-2/h11,13H,4-10H2,1-3H3. The first-order valence-electron chi connectivity index (χ1n) is 6.15. The highest BCUT2D eigenvalue weighted by Crippen LogP contribution is 2.02. The van der Waals surface area contributed by atoms with Gasteiger partial charge in [-0.2, -0.15) is 0 Å². The van der Waals surface area contributed by atoms with Crippen LogP contribution in [0.5, 0.6) is 0 Å². The second-order valence-electron chi connectivity index (χ2n) is 3.72. The number of esters is 1. The van der Waals surface area contributed by atoms with Crippen molar-refractivity contribution in [3.8, 4) is 0 Å². The van der Waals surface area contributed by atoms with Crippen LogP contribution in [0.15, 0.2) is 0 Å². The largest absolute Gasteiger partial charge is 0.468 e. The van der Waals surface area contributed by atoms with Crippen LogP contribution >= 0.6 is 0 Å². The molecule has 0 amide bonds. The number of hydrogen-bond acceptors (Lipinski definition) is 4. The van der Waals surface area contributed by atoms with Gasteiger partial charge in [0.15, 0.2) is 0 Å². The second-order valence-corrected chi connectivity index (χ2v) is 3.72. The Balaban J connectivity index is 3.69. The monoisotopic (exact) mass is 231 g/mol. The maximum Gasteiger partial charge on any atom is 0.322 e. The highest BCUT2D eigenvalue weighted by Gasteiger charge is 2.16. The molecule has 0 fully saturated rings. The summed E-state index contributed by atoms with van der Waals surface area (Å²) < 4.78 is 9.98. The number of hydrogen-bond donors (Lipinski definition) is 1. The first-order valence-corrected chi connectivity index (χ1v) is 6.15.